The van der Waals surface area contributed by atoms with Crippen molar-refractivity contribution in [3.63, 3.8) is 0 Å². The van der Waals surface area contributed by atoms with Gasteiger partial charge in [-0.2, -0.15) is 0 Å². The first kappa shape index (κ1) is 12.7. The molecule has 2 fully saturated rings. The highest BCUT2D eigenvalue weighted by Gasteiger charge is 2.39. The van der Waals surface area contributed by atoms with Crippen LogP contribution in [-0.4, -0.2) is 36.7 Å². The van der Waals surface area contributed by atoms with Gasteiger partial charge >= 0.3 is 0 Å². The van der Waals surface area contributed by atoms with Crippen LogP contribution in [0.1, 0.15) is 31.1 Å². The zero-order valence-electron chi connectivity index (χ0n) is 10.3. The molecule has 1 saturated carbocycles. The molecule has 1 saturated heterocycles. The molecule has 1 aliphatic carbocycles. The van der Waals surface area contributed by atoms with Gasteiger partial charge in [0.15, 0.2) is 4.67 Å². The Balaban J connectivity index is 1.82. The number of ether oxygens (including phenoxy) is 1. The molecule has 3 unspecified atom stereocenters. The van der Waals surface area contributed by atoms with E-state index < -0.39 is 0 Å². The lowest BCUT2D eigenvalue weighted by molar-refractivity contribution is -0.0738. The number of furan rings is 1. The maximum Gasteiger partial charge on any atom is 0.169 e. The van der Waals surface area contributed by atoms with Gasteiger partial charge in [0.1, 0.15) is 5.76 Å². The molecule has 0 amide bonds. The molecule has 2 heterocycles. The largest absolute Gasteiger partial charge is 0.453 e. The van der Waals surface area contributed by atoms with Crippen molar-refractivity contribution in [3.05, 3.63) is 22.6 Å². The molecule has 3 rings (SSSR count). The lowest BCUT2D eigenvalue weighted by Gasteiger charge is -2.41. The first-order chi connectivity index (χ1) is 8.79. The summed E-state index contributed by atoms with van der Waals surface area (Å²) >= 11 is 3.36. The van der Waals surface area contributed by atoms with Gasteiger partial charge in [-0.05, 0) is 47.3 Å². The van der Waals surface area contributed by atoms with E-state index in [2.05, 4.69) is 20.8 Å². The smallest absolute Gasteiger partial charge is 0.169 e. The summed E-state index contributed by atoms with van der Waals surface area (Å²) in [7, 11) is 0. The third-order valence-corrected chi connectivity index (χ3v) is 4.50. The fourth-order valence-electron chi connectivity index (χ4n) is 3.26. The summed E-state index contributed by atoms with van der Waals surface area (Å²) < 4.78 is 12.3. The van der Waals surface area contributed by atoms with Gasteiger partial charge in [0, 0.05) is 19.1 Å². The van der Waals surface area contributed by atoms with Gasteiger partial charge in [0.05, 0.1) is 18.8 Å². The molecule has 4 nitrogen and oxygen atoms in total. The Morgan fingerprint density at radius 1 is 1.44 bits per heavy atom. The third kappa shape index (κ3) is 2.25. The quantitative estimate of drug-likeness (QED) is 0.930. The van der Waals surface area contributed by atoms with E-state index in [0.717, 1.165) is 23.6 Å². The Labute approximate surface area is 116 Å². The molecule has 3 atom stereocenters. The summed E-state index contributed by atoms with van der Waals surface area (Å²) in [6.45, 7) is 2.34. The molecular weight excluding hydrogens is 296 g/mol. The van der Waals surface area contributed by atoms with Crippen LogP contribution in [0.3, 0.4) is 0 Å². The average Bonchev–Trinajstić information content (AvgIpc) is 2.99. The summed E-state index contributed by atoms with van der Waals surface area (Å²) in [5.74, 6) is 0.955. The van der Waals surface area contributed by atoms with Crippen LogP contribution in [0.2, 0.25) is 0 Å². The summed E-state index contributed by atoms with van der Waals surface area (Å²) in [6, 6.07) is 4.63. The minimum atomic E-state index is 0.172. The van der Waals surface area contributed by atoms with Crippen LogP contribution in [0.25, 0.3) is 0 Å². The molecule has 100 valence electrons. The van der Waals surface area contributed by atoms with Crippen molar-refractivity contribution in [3.8, 4) is 0 Å². The average molecular weight is 315 g/mol. The van der Waals surface area contributed by atoms with Crippen molar-refractivity contribution >= 4 is 15.9 Å². The van der Waals surface area contributed by atoms with E-state index in [1.165, 1.54) is 19.3 Å². The zero-order valence-corrected chi connectivity index (χ0v) is 11.9. The Morgan fingerprint density at radius 2 is 2.33 bits per heavy atom. The van der Waals surface area contributed by atoms with Crippen LogP contribution < -0.4 is 5.73 Å². The highest BCUT2D eigenvalue weighted by atomic mass is 79.9. The Morgan fingerprint density at radius 3 is 3.06 bits per heavy atom. The molecule has 0 aromatic carbocycles. The number of morpholine rings is 1. The van der Waals surface area contributed by atoms with E-state index in [-0.39, 0.29) is 6.04 Å². The maximum atomic E-state index is 5.97. The van der Waals surface area contributed by atoms with Crippen LogP contribution in [0.5, 0.6) is 0 Å². The monoisotopic (exact) mass is 314 g/mol. The maximum absolute atomic E-state index is 5.97. The van der Waals surface area contributed by atoms with Gasteiger partial charge in [-0.3, -0.25) is 4.90 Å². The van der Waals surface area contributed by atoms with E-state index in [9.17, 15) is 0 Å². The molecule has 0 spiro atoms. The summed E-state index contributed by atoms with van der Waals surface area (Å²) in [4.78, 5) is 2.48. The van der Waals surface area contributed by atoms with Crippen LogP contribution in [0, 0.1) is 0 Å². The van der Waals surface area contributed by atoms with Gasteiger partial charge in [-0.15, -0.1) is 0 Å². The molecule has 2 N–H and O–H groups in total. The topological polar surface area (TPSA) is 51.6 Å². The van der Waals surface area contributed by atoms with E-state index in [1.54, 1.807) is 0 Å². The first-order valence-electron chi connectivity index (χ1n) is 6.62. The van der Waals surface area contributed by atoms with Crippen molar-refractivity contribution in [1.29, 1.82) is 0 Å². The lowest BCUT2D eigenvalue weighted by atomic mass is 10.1. The Bertz CT molecular complexity index is 409. The van der Waals surface area contributed by atoms with Crippen molar-refractivity contribution in [2.24, 2.45) is 5.73 Å². The lowest BCUT2D eigenvalue weighted by Crippen LogP contribution is -2.51. The minimum absolute atomic E-state index is 0.172. The summed E-state index contributed by atoms with van der Waals surface area (Å²) in [6.07, 6.45) is 4.04. The number of hydrogen-bond acceptors (Lipinski definition) is 4. The number of fused-ring (bicyclic) bond motifs is 1. The fraction of sp³-hybridized carbons (Fsp3) is 0.692. The van der Waals surface area contributed by atoms with E-state index in [0.29, 0.717) is 18.7 Å². The molecule has 2 aliphatic rings. The first-order valence-corrected chi connectivity index (χ1v) is 7.41. The normalized spacial score (nSPS) is 30.3. The van der Waals surface area contributed by atoms with E-state index in [4.69, 9.17) is 14.9 Å². The minimum Gasteiger partial charge on any atom is -0.453 e. The summed E-state index contributed by atoms with van der Waals surface area (Å²) in [5, 5.41) is 0. The number of nitrogens with two attached hydrogens (primary N) is 1. The predicted molar refractivity (Wildman–Crippen MR) is 72.3 cm³/mol. The highest BCUT2D eigenvalue weighted by molar-refractivity contribution is 9.10. The molecule has 1 aliphatic heterocycles. The van der Waals surface area contributed by atoms with Gasteiger partial charge in [0.25, 0.3) is 0 Å². The molecule has 0 bridgehead atoms. The van der Waals surface area contributed by atoms with Crippen LogP contribution in [-0.2, 0) is 4.74 Å². The van der Waals surface area contributed by atoms with Gasteiger partial charge < -0.3 is 14.9 Å². The number of halogens is 1. The van der Waals surface area contributed by atoms with Crippen LogP contribution >= 0.6 is 15.9 Å². The second-order valence-electron chi connectivity index (χ2n) is 5.04. The molecule has 18 heavy (non-hydrogen) atoms. The standard InChI is InChI=1S/C13H19BrN2O2/c14-13-5-4-12(18-13)10(8-15)16-6-7-17-11-3-1-2-9(11)16/h4-5,9-11H,1-3,6-8,15H2. The molecule has 1 aromatic rings. The summed E-state index contributed by atoms with van der Waals surface area (Å²) in [5.41, 5.74) is 5.97. The van der Waals surface area contributed by atoms with Crippen molar-refractivity contribution < 1.29 is 9.15 Å². The second-order valence-corrected chi connectivity index (χ2v) is 5.82. The third-order valence-electron chi connectivity index (χ3n) is 4.07. The van der Waals surface area contributed by atoms with Crippen molar-refractivity contribution in [1.82, 2.24) is 4.90 Å². The molecule has 0 radical (unpaired) electrons. The number of nitrogens with zero attached hydrogens (tertiary/aromatic N) is 1. The Hall–Kier alpha value is -0.360. The van der Waals surface area contributed by atoms with E-state index in [1.807, 2.05) is 12.1 Å². The van der Waals surface area contributed by atoms with Crippen molar-refractivity contribution in [2.45, 2.75) is 37.5 Å². The van der Waals surface area contributed by atoms with Crippen LogP contribution in [0.15, 0.2) is 21.2 Å². The van der Waals surface area contributed by atoms with Crippen LogP contribution in [0.4, 0.5) is 0 Å². The SMILES string of the molecule is NCC(c1ccc(Br)o1)N1CCOC2CCCC21. The fourth-order valence-corrected chi connectivity index (χ4v) is 3.58. The van der Waals surface area contributed by atoms with Crippen molar-refractivity contribution in [2.75, 3.05) is 19.7 Å². The molecule has 5 heteroatoms. The van der Waals surface area contributed by atoms with Gasteiger partial charge in [-0.25, -0.2) is 0 Å². The predicted octanol–water partition coefficient (Wildman–Crippen LogP) is 2.30. The molecular formula is C13H19BrN2O2. The number of hydrogen-bond donors (Lipinski definition) is 1. The van der Waals surface area contributed by atoms with Gasteiger partial charge in [-0.1, -0.05) is 0 Å². The second kappa shape index (κ2) is 5.33. The number of rotatable bonds is 3. The zero-order chi connectivity index (χ0) is 12.5. The molecule has 1 aromatic heterocycles. The van der Waals surface area contributed by atoms with Gasteiger partial charge in [0.2, 0.25) is 0 Å². The Kier molecular flexibility index (Phi) is 3.75. The highest BCUT2D eigenvalue weighted by Crippen LogP contribution is 2.35. The van der Waals surface area contributed by atoms with E-state index >= 15 is 0 Å².